The Bertz CT molecular complexity index is 332. The number of aromatic nitrogens is 1. The molecule has 1 aliphatic carbocycles. The number of hydrogen-bond acceptors (Lipinski definition) is 4. The van der Waals surface area contributed by atoms with E-state index in [2.05, 4.69) is 11.2 Å². The quantitative estimate of drug-likeness (QED) is 0.756. The second-order valence-corrected chi connectivity index (χ2v) is 5.12. The van der Waals surface area contributed by atoms with E-state index in [0.29, 0.717) is 6.42 Å². The van der Waals surface area contributed by atoms with E-state index in [0.717, 1.165) is 29.3 Å². The predicted molar refractivity (Wildman–Crippen MR) is 56.6 cm³/mol. The fourth-order valence-electron chi connectivity index (χ4n) is 1.50. The summed E-state index contributed by atoms with van der Waals surface area (Å²) in [4.78, 5) is 17.0. The van der Waals surface area contributed by atoms with E-state index in [1.807, 2.05) is 0 Å². The number of thiazole rings is 1. The number of aryl methyl sites for hydroxylation is 1. The Kier molecular flexibility index (Phi) is 2.69. The van der Waals surface area contributed by atoms with Crippen LogP contribution in [0.5, 0.6) is 0 Å². The Hall–Kier alpha value is -0.350. The van der Waals surface area contributed by atoms with Gasteiger partial charge in [0.2, 0.25) is 0 Å². The monoisotopic (exact) mass is 213 g/mol. The minimum absolute atomic E-state index is 0.241. The molecule has 0 aromatic carbocycles. The highest BCUT2D eigenvalue weighted by Crippen LogP contribution is 2.28. The molecule has 1 aromatic rings. The zero-order valence-electron chi connectivity index (χ0n) is 7.50. The molecule has 13 heavy (non-hydrogen) atoms. The van der Waals surface area contributed by atoms with E-state index in [1.54, 1.807) is 23.1 Å². The molecular weight excluding hydrogens is 202 g/mol. The van der Waals surface area contributed by atoms with Crippen LogP contribution in [0.2, 0.25) is 0 Å². The average molecular weight is 213 g/mol. The van der Waals surface area contributed by atoms with Crippen LogP contribution in [-0.4, -0.2) is 17.0 Å². The zero-order chi connectivity index (χ0) is 9.26. The number of fused-ring (bicyclic) bond motifs is 1. The normalized spacial score (nSPS) is 15.9. The van der Waals surface area contributed by atoms with E-state index in [4.69, 9.17) is 0 Å². The number of Topliss-reactive ketones (excluding diaryl/α,β-unsaturated/α-hetero) is 1. The molecule has 2 nitrogen and oxygen atoms in total. The third-order valence-electron chi connectivity index (χ3n) is 2.08. The molecule has 4 heteroatoms. The van der Waals surface area contributed by atoms with Gasteiger partial charge in [0.25, 0.3) is 0 Å². The van der Waals surface area contributed by atoms with Crippen LogP contribution in [0.4, 0.5) is 0 Å². The first kappa shape index (κ1) is 9.21. The Morgan fingerprint density at radius 2 is 2.38 bits per heavy atom. The highest BCUT2D eigenvalue weighted by Gasteiger charge is 2.21. The third kappa shape index (κ3) is 1.79. The van der Waals surface area contributed by atoms with Crippen molar-refractivity contribution in [3.8, 4) is 0 Å². The molecule has 0 bridgehead atoms. The first-order valence-electron chi connectivity index (χ1n) is 4.32. The van der Waals surface area contributed by atoms with Gasteiger partial charge in [-0.05, 0) is 19.1 Å². The van der Waals surface area contributed by atoms with Crippen LogP contribution in [0.15, 0.2) is 0 Å². The number of nitrogens with zero attached hydrogens (tertiary/aromatic N) is 1. The molecule has 1 aliphatic rings. The lowest BCUT2D eigenvalue weighted by Crippen LogP contribution is -2.08. The van der Waals surface area contributed by atoms with Crippen LogP contribution in [0.1, 0.15) is 33.2 Å². The third-order valence-corrected chi connectivity index (χ3v) is 3.94. The van der Waals surface area contributed by atoms with Crippen LogP contribution in [-0.2, 0) is 12.2 Å². The second kappa shape index (κ2) is 3.80. The van der Waals surface area contributed by atoms with Gasteiger partial charge in [-0.1, -0.05) is 0 Å². The number of rotatable bonds is 2. The molecule has 0 amide bonds. The van der Waals surface area contributed by atoms with Gasteiger partial charge in [-0.15, -0.1) is 11.3 Å². The lowest BCUT2D eigenvalue weighted by atomic mass is 10.0. The number of hydrogen-bond donors (Lipinski definition) is 0. The van der Waals surface area contributed by atoms with Gasteiger partial charge in [-0.3, -0.25) is 4.79 Å². The van der Waals surface area contributed by atoms with Crippen LogP contribution in [0.3, 0.4) is 0 Å². The molecule has 0 spiro atoms. The molecule has 0 aliphatic heterocycles. The van der Waals surface area contributed by atoms with Gasteiger partial charge in [0.15, 0.2) is 5.78 Å². The smallest absolute Gasteiger partial charge is 0.182 e. The molecule has 0 N–H and O–H groups in total. The topological polar surface area (TPSA) is 30.0 Å². The molecule has 0 saturated heterocycles. The summed E-state index contributed by atoms with van der Waals surface area (Å²) in [6.45, 7) is 0. The summed E-state index contributed by atoms with van der Waals surface area (Å²) in [6, 6.07) is 0. The van der Waals surface area contributed by atoms with Gasteiger partial charge in [-0.25, -0.2) is 4.98 Å². The maximum Gasteiger partial charge on any atom is 0.182 e. The van der Waals surface area contributed by atoms with Gasteiger partial charge >= 0.3 is 0 Å². The SMILES string of the molecule is CSCc1nc2c(s1)CCCC2=O. The fourth-order valence-corrected chi connectivity index (χ4v) is 3.33. The molecule has 1 aromatic heterocycles. The molecular formula is C9H11NOS2. The molecule has 0 saturated carbocycles. The Labute approximate surface area is 85.8 Å². The van der Waals surface area contributed by atoms with E-state index < -0.39 is 0 Å². The van der Waals surface area contributed by atoms with Crippen molar-refractivity contribution in [1.82, 2.24) is 4.98 Å². The Morgan fingerprint density at radius 3 is 3.08 bits per heavy atom. The van der Waals surface area contributed by atoms with Crippen LogP contribution < -0.4 is 0 Å². The average Bonchev–Trinajstić information content (AvgIpc) is 2.49. The predicted octanol–water partition coefficient (Wildman–Crippen LogP) is 2.53. The molecule has 0 radical (unpaired) electrons. The highest BCUT2D eigenvalue weighted by molar-refractivity contribution is 7.97. The van der Waals surface area contributed by atoms with Crippen molar-refractivity contribution in [2.24, 2.45) is 0 Å². The molecule has 2 rings (SSSR count). The van der Waals surface area contributed by atoms with E-state index in [-0.39, 0.29) is 5.78 Å². The van der Waals surface area contributed by atoms with Gasteiger partial charge in [-0.2, -0.15) is 11.8 Å². The molecule has 0 fully saturated rings. The maximum atomic E-state index is 11.4. The van der Waals surface area contributed by atoms with E-state index in [1.165, 1.54) is 4.88 Å². The van der Waals surface area contributed by atoms with Crippen LogP contribution in [0, 0.1) is 0 Å². The van der Waals surface area contributed by atoms with Crippen molar-refractivity contribution >= 4 is 28.9 Å². The van der Waals surface area contributed by atoms with Gasteiger partial charge < -0.3 is 0 Å². The fraction of sp³-hybridized carbons (Fsp3) is 0.556. The van der Waals surface area contributed by atoms with Crippen molar-refractivity contribution in [1.29, 1.82) is 0 Å². The maximum absolute atomic E-state index is 11.4. The van der Waals surface area contributed by atoms with Gasteiger partial charge in [0.05, 0.1) is 0 Å². The highest BCUT2D eigenvalue weighted by atomic mass is 32.2. The summed E-state index contributed by atoms with van der Waals surface area (Å²) >= 11 is 3.47. The van der Waals surface area contributed by atoms with Crippen LogP contribution in [0.25, 0.3) is 0 Å². The molecule has 0 unspecified atom stereocenters. The minimum Gasteiger partial charge on any atom is -0.292 e. The summed E-state index contributed by atoms with van der Waals surface area (Å²) < 4.78 is 0. The van der Waals surface area contributed by atoms with Crippen molar-refractivity contribution in [3.05, 3.63) is 15.6 Å². The molecule has 0 atom stereocenters. The summed E-state index contributed by atoms with van der Waals surface area (Å²) in [5.74, 6) is 1.18. The van der Waals surface area contributed by atoms with E-state index in [9.17, 15) is 4.79 Å². The summed E-state index contributed by atoms with van der Waals surface area (Å²) in [6.07, 6.45) is 4.80. The molecule has 1 heterocycles. The first-order valence-corrected chi connectivity index (χ1v) is 6.53. The van der Waals surface area contributed by atoms with Crippen molar-refractivity contribution in [2.75, 3.05) is 6.26 Å². The minimum atomic E-state index is 0.241. The summed E-state index contributed by atoms with van der Waals surface area (Å²) in [5.41, 5.74) is 0.764. The lowest BCUT2D eigenvalue weighted by Gasteiger charge is -2.06. The summed E-state index contributed by atoms with van der Waals surface area (Å²) in [5, 5.41) is 1.10. The molecule has 70 valence electrons. The Morgan fingerprint density at radius 1 is 1.54 bits per heavy atom. The van der Waals surface area contributed by atoms with Crippen molar-refractivity contribution < 1.29 is 4.79 Å². The standard InChI is InChI=1S/C9H11NOS2/c1-12-5-8-10-9-6(11)3-2-4-7(9)13-8/h2-5H2,1H3. The summed E-state index contributed by atoms with van der Waals surface area (Å²) in [7, 11) is 0. The Balaban J connectivity index is 2.31. The number of carbonyl (C=O) groups is 1. The largest absolute Gasteiger partial charge is 0.292 e. The number of thioether (sulfide) groups is 1. The van der Waals surface area contributed by atoms with E-state index >= 15 is 0 Å². The number of carbonyl (C=O) groups excluding carboxylic acids is 1. The van der Waals surface area contributed by atoms with Crippen LogP contribution >= 0.6 is 23.1 Å². The zero-order valence-corrected chi connectivity index (χ0v) is 9.13. The first-order chi connectivity index (χ1) is 6.31. The second-order valence-electron chi connectivity index (χ2n) is 3.09. The lowest BCUT2D eigenvalue weighted by molar-refractivity contribution is 0.0968. The van der Waals surface area contributed by atoms with Gasteiger partial charge in [0.1, 0.15) is 10.7 Å². The van der Waals surface area contributed by atoms with Gasteiger partial charge in [0, 0.05) is 17.1 Å². The van der Waals surface area contributed by atoms with Crippen molar-refractivity contribution in [2.45, 2.75) is 25.0 Å². The number of ketones is 1. The van der Waals surface area contributed by atoms with Crippen molar-refractivity contribution in [3.63, 3.8) is 0 Å².